The van der Waals surface area contributed by atoms with Gasteiger partial charge in [0.1, 0.15) is 9.84 Å². The maximum atomic E-state index is 12.8. The van der Waals surface area contributed by atoms with Gasteiger partial charge < -0.3 is 10.5 Å². The summed E-state index contributed by atoms with van der Waals surface area (Å²) in [6.45, 7) is 0.649. The molecule has 0 aliphatic carbocycles. The van der Waals surface area contributed by atoms with Crippen molar-refractivity contribution in [2.45, 2.75) is 43.1 Å². The molecule has 0 spiro atoms. The molecule has 0 aromatic heterocycles. The van der Waals surface area contributed by atoms with Crippen molar-refractivity contribution in [1.29, 1.82) is 0 Å². The summed E-state index contributed by atoms with van der Waals surface area (Å²) in [4.78, 5) is 0. The lowest BCUT2D eigenvalue weighted by Gasteiger charge is -2.39. The Labute approximate surface area is 126 Å². The highest BCUT2D eigenvalue weighted by Gasteiger charge is 2.41. The van der Waals surface area contributed by atoms with Crippen LogP contribution in [0.25, 0.3) is 0 Å². The zero-order valence-corrected chi connectivity index (χ0v) is 13.9. The van der Waals surface area contributed by atoms with E-state index < -0.39 is 25.1 Å². The predicted octanol–water partition coefficient (Wildman–Crippen LogP) is -0.668. The molecule has 2 fully saturated rings. The Bertz CT molecular complexity index is 546. The first kappa shape index (κ1) is 17.1. The molecule has 2 aliphatic rings. The molecule has 124 valence electrons. The van der Waals surface area contributed by atoms with Crippen LogP contribution in [-0.2, 0) is 24.6 Å². The second-order valence-electron chi connectivity index (χ2n) is 5.78. The quantitative estimate of drug-likeness (QED) is 0.727. The van der Waals surface area contributed by atoms with Gasteiger partial charge in [-0.1, -0.05) is 0 Å². The number of hydrogen-bond acceptors (Lipinski definition) is 6. The summed E-state index contributed by atoms with van der Waals surface area (Å²) in [5.41, 5.74) is 5.72. The van der Waals surface area contributed by atoms with E-state index >= 15 is 0 Å². The Morgan fingerprint density at radius 3 is 2.38 bits per heavy atom. The Balaban J connectivity index is 2.12. The molecule has 2 heterocycles. The fourth-order valence-electron chi connectivity index (χ4n) is 3.11. The van der Waals surface area contributed by atoms with Gasteiger partial charge in [0, 0.05) is 26.2 Å². The van der Waals surface area contributed by atoms with E-state index in [9.17, 15) is 16.8 Å². The van der Waals surface area contributed by atoms with Crippen LogP contribution in [-0.4, -0.2) is 70.2 Å². The molecule has 21 heavy (non-hydrogen) atoms. The van der Waals surface area contributed by atoms with Gasteiger partial charge in [-0.05, 0) is 25.7 Å². The predicted molar refractivity (Wildman–Crippen MR) is 80.2 cm³/mol. The number of piperidine rings is 1. The van der Waals surface area contributed by atoms with Crippen molar-refractivity contribution in [3.05, 3.63) is 0 Å². The Morgan fingerprint density at radius 2 is 1.86 bits per heavy atom. The van der Waals surface area contributed by atoms with Gasteiger partial charge in [-0.2, -0.15) is 4.31 Å². The number of ether oxygens (including phenoxy) is 1. The molecule has 2 unspecified atom stereocenters. The monoisotopic (exact) mass is 340 g/mol. The van der Waals surface area contributed by atoms with Crippen LogP contribution in [0.3, 0.4) is 0 Å². The summed E-state index contributed by atoms with van der Waals surface area (Å²) in [7, 11) is -4.94. The summed E-state index contributed by atoms with van der Waals surface area (Å²) >= 11 is 0. The second kappa shape index (κ2) is 6.49. The highest BCUT2D eigenvalue weighted by atomic mass is 32.2. The minimum atomic E-state index is -3.49. The summed E-state index contributed by atoms with van der Waals surface area (Å²) < 4.78 is 55.2. The highest BCUT2D eigenvalue weighted by Crippen LogP contribution is 2.28. The van der Waals surface area contributed by atoms with E-state index in [1.807, 2.05) is 0 Å². The van der Waals surface area contributed by atoms with Crippen LogP contribution in [0.2, 0.25) is 0 Å². The van der Waals surface area contributed by atoms with Crippen LogP contribution in [0.1, 0.15) is 25.7 Å². The summed E-state index contributed by atoms with van der Waals surface area (Å²) in [5, 5.41) is -0.603. The Hall–Kier alpha value is -0.220. The van der Waals surface area contributed by atoms with Crippen LogP contribution in [0.5, 0.6) is 0 Å². The van der Waals surface area contributed by atoms with Gasteiger partial charge in [-0.15, -0.1) is 0 Å². The fraction of sp³-hybridized carbons (Fsp3) is 1.00. The van der Waals surface area contributed by atoms with E-state index in [0.717, 1.165) is 0 Å². The second-order valence-corrected chi connectivity index (χ2v) is 10.2. The first-order valence-electron chi connectivity index (χ1n) is 7.24. The molecule has 9 heteroatoms. The van der Waals surface area contributed by atoms with Gasteiger partial charge in [0.2, 0.25) is 10.0 Å². The molecule has 0 saturated carbocycles. The van der Waals surface area contributed by atoms with Gasteiger partial charge >= 0.3 is 0 Å². The molecule has 0 aromatic carbocycles. The van der Waals surface area contributed by atoms with Crippen molar-refractivity contribution < 1.29 is 21.6 Å². The van der Waals surface area contributed by atoms with Crippen molar-refractivity contribution >= 4 is 19.9 Å². The summed E-state index contributed by atoms with van der Waals surface area (Å²) in [5.74, 6) is -0.0859. The lowest BCUT2D eigenvalue weighted by molar-refractivity contribution is 0.0398. The van der Waals surface area contributed by atoms with Gasteiger partial charge in [0.25, 0.3) is 0 Å². The minimum absolute atomic E-state index is 0.0386. The average molecular weight is 340 g/mol. The minimum Gasteiger partial charge on any atom is -0.381 e. The molecular formula is C12H24N2O5S2. The zero-order valence-electron chi connectivity index (χ0n) is 12.3. The van der Waals surface area contributed by atoms with E-state index in [2.05, 4.69) is 0 Å². The molecule has 0 radical (unpaired) electrons. The lowest BCUT2D eigenvalue weighted by Crippen LogP contribution is -2.54. The maximum Gasteiger partial charge on any atom is 0.217 e. The number of nitrogens with zero attached hydrogens (tertiary/aromatic N) is 1. The van der Waals surface area contributed by atoms with Gasteiger partial charge in [-0.25, -0.2) is 16.8 Å². The van der Waals surface area contributed by atoms with Gasteiger partial charge in [0.05, 0.1) is 22.9 Å². The smallest absolute Gasteiger partial charge is 0.217 e. The lowest BCUT2D eigenvalue weighted by atomic mass is 10.0. The maximum absolute atomic E-state index is 12.8. The van der Waals surface area contributed by atoms with Crippen molar-refractivity contribution in [1.82, 2.24) is 4.31 Å². The van der Waals surface area contributed by atoms with Crippen LogP contribution in [0.4, 0.5) is 0 Å². The van der Waals surface area contributed by atoms with Crippen LogP contribution in [0.15, 0.2) is 0 Å². The van der Waals surface area contributed by atoms with Crippen LogP contribution >= 0.6 is 0 Å². The number of sulfonamides is 1. The topological polar surface area (TPSA) is 107 Å². The number of hydrogen-bond donors (Lipinski definition) is 1. The first-order valence-corrected chi connectivity index (χ1v) is 10.6. The van der Waals surface area contributed by atoms with E-state index in [1.54, 1.807) is 7.11 Å². The molecule has 2 aliphatic heterocycles. The third-order valence-electron chi connectivity index (χ3n) is 4.47. The first-order chi connectivity index (χ1) is 9.80. The summed E-state index contributed by atoms with van der Waals surface area (Å²) in [6, 6.07) is -0.257. The molecule has 2 atom stereocenters. The normalized spacial score (nSPS) is 32.1. The van der Waals surface area contributed by atoms with E-state index in [4.69, 9.17) is 10.5 Å². The number of rotatable bonds is 4. The van der Waals surface area contributed by atoms with Crippen molar-refractivity contribution in [3.63, 3.8) is 0 Å². The number of nitrogens with two attached hydrogens (primary N) is 1. The molecule has 0 aromatic rings. The molecule has 2 saturated heterocycles. The van der Waals surface area contributed by atoms with Crippen molar-refractivity contribution in [3.8, 4) is 0 Å². The van der Waals surface area contributed by atoms with E-state index in [1.165, 1.54) is 4.31 Å². The molecule has 0 bridgehead atoms. The molecule has 2 N–H and O–H groups in total. The average Bonchev–Trinajstić information content (AvgIpc) is 2.46. The zero-order chi connectivity index (χ0) is 15.7. The molecule has 2 rings (SSSR count). The van der Waals surface area contributed by atoms with Crippen LogP contribution < -0.4 is 5.73 Å². The standard InChI is InChI=1S/C12H24N2O5S2/c1-19-11-2-5-14(10(8-11)9-13)21(17,18)12-3-6-20(15,16)7-4-12/h10-12H,2-9,13H2,1H3. The Kier molecular flexibility index (Phi) is 5.30. The third-order valence-corrected chi connectivity index (χ3v) is 8.63. The molecular weight excluding hydrogens is 316 g/mol. The highest BCUT2D eigenvalue weighted by molar-refractivity contribution is 7.92. The largest absolute Gasteiger partial charge is 0.381 e. The summed E-state index contributed by atoms with van der Waals surface area (Å²) in [6.07, 6.45) is 1.66. The Morgan fingerprint density at radius 1 is 1.24 bits per heavy atom. The molecule has 0 amide bonds. The van der Waals surface area contributed by atoms with Crippen molar-refractivity contribution in [2.75, 3.05) is 31.7 Å². The number of sulfone groups is 1. The number of methoxy groups -OCH3 is 1. The fourth-order valence-corrected chi connectivity index (χ4v) is 7.07. The SMILES string of the molecule is COC1CCN(S(=O)(=O)C2CCS(=O)(=O)CC2)C(CN)C1. The third kappa shape index (κ3) is 3.76. The van der Waals surface area contributed by atoms with E-state index in [-0.39, 0.29) is 43.0 Å². The van der Waals surface area contributed by atoms with Crippen LogP contribution in [0, 0.1) is 0 Å². The van der Waals surface area contributed by atoms with Gasteiger partial charge in [0.15, 0.2) is 0 Å². The van der Waals surface area contributed by atoms with Crippen molar-refractivity contribution in [2.24, 2.45) is 5.73 Å². The van der Waals surface area contributed by atoms with E-state index in [0.29, 0.717) is 19.4 Å². The molecule has 7 nitrogen and oxygen atoms in total. The van der Waals surface area contributed by atoms with Gasteiger partial charge in [-0.3, -0.25) is 0 Å².